The van der Waals surface area contributed by atoms with Gasteiger partial charge in [-0.05, 0) is 19.9 Å². The summed E-state index contributed by atoms with van der Waals surface area (Å²) >= 11 is 0. The lowest BCUT2D eigenvalue weighted by molar-refractivity contribution is -0.121. The molecular formula is C11H18N4O2. The van der Waals surface area contributed by atoms with Crippen molar-refractivity contribution in [2.45, 2.75) is 19.8 Å². The van der Waals surface area contributed by atoms with Crippen molar-refractivity contribution in [3.63, 3.8) is 0 Å². The number of nitrogens with zero attached hydrogens (tertiary/aromatic N) is 2. The Morgan fingerprint density at radius 1 is 1.59 bits per heavy atom. The summed E-state index contributed by atoms with van der Waals surface area (Å²) in [5.41, 5.74) is 6.17. The number of ether oxygens (including phenoxy) is 1. The van der Waals surface area contributed by atoms with Gasteiger partial charge >= 0.3 is 0 Å². The van der Waals surface area contributed by atoms with Crippen molar-refractivity contribution in [1.29, 1.82) is 0 Å². The minimum Gasteiger partial charge on any atom is -0.477 e. The van der Waals surface area contributed by atoms with Crippen LogP contribution < -0.4 is 15.8 Å². The topological polar surface area (TPSA) is 90.1 Å². The molecule has 6 nitrogen and oxygen atoms in total. The first-order chi connectivity index (χ1) is 8.24. The molecule has 17 heavy (non-hydrogen) atoms. The van der Waals surface area contributed by atoms with E-state index in [0.717, 1.165) is 12.0 Å². The van der Waals surface area contributed by atoms with Crippen LogP contribution in [0.3, 0.4) is 0 Å². The molecule has 0 bridgehead atoms. The van der Waals surface area contributed by atoms with Crippen molar-refractivity contribution < 1.29 is 9.53 Å². The van der Waals surface area contributed by atoms with Crippen molar-refractivity contribution >= 4 is 5.91 Å². The second-order valence-corrected chi connectivity index (χ2v) is 3.60. The fraction of sp³-hybridized carbons (Fsp3) is 0.545. The first kappa shape index (κ1) is 13.4. The van der Waals surface area contributed by atoms with Crippen molar-refractivity contribution in [2.24, 2.45) is 5.73 Å². The van der Waals surface area contributed by atoms with Gasteiger partial charge in [0, 0.05) is 18.3 Å². The van der Waals surface area contributed by atoms with Crippen LogP contribution in [0.2, 0.25) is 0 Å². The Kier molecular flexibility index (Phi) is 5.95. The van der Waals surface area contributed by atoms with Crippen LogP contribution in [0.5, 0.6) is 5.88 Å². The van der Waals surface area contributed by atoms with Crippen molar-refractivity contribution in [2.75, 3.05) is 19.7 Å². The predicted octanol–water partition coefficient (Wildman–Crippen LogP) is 0.0189. The summed E-state index contributed by atoms with van der Waals surface area (Å²) in [5.74, 6) is 0.486. The number of nitrogens with one attached hydrogen (secondary N) is 1. The first-order valence-electron chi connectivity index (χ1n) is 5.60. The lowest BCUT2D eigenvalue weighted by Crippen LogP contribution is -2.27. The van der Waals surface area contributed by atoms with E-state index in [-0.39, 0.29) is 5.91 Å². The van der Waals surface area contributed by atoms with Gasteiger partial charge in [-0.15, -0.1) is 0 Å². The first-order valence-corrected chi connectivity index (χ1v) is 5.60. The van der Waals surface area contributed by atoms with Gasteiger partial charge in [-0.1, -0.05) is 0 Å². The molecule has 0 aliphatic heterocycles. The van der Waals surface area contributed by atoms with Gasteiger partial charge in [0.1, 0.15) is 6.33 Å². The normalized spacial score (nSPS) is 10.0. The summed E-state index contributed by atoms with van der Waals surface area (Å²) in [5, 5.41) is 2.75. The highest BCUT2D eigenvalue weighted by Crippen LogP contribution is 2.10. The van der Waals surface area contributed by atoms with Gasteiger partial charge < -0.3 is 15.8 Å². The molecule has 1 rings (SSSR count). The maximum absolute atomic E-state index is 11.3. The van der Waals surface area contributed by atoms with Crippen molar-refractivity contribution in [3.8, 4) is 5.88 Å². The molecular weight excluding hydrogens is 220 g/mol. The molecule has 1 aromatic rings. The van der Waals surface area contributed by atoms with Crippen LogP contribution in [0.25, 0.3) is 0 Å². The van der Waals surface area contributed by atoms with E-state index in [1.54, 1.807) is 6.20 Å². The summed E-state index contributed by atoms with van der Waals surface area (Å²) in [7, 11) is 0. The van der Waals surface area contributed by atoms with E-state index < -0.39 is 0 Å². The molecule has 94 valence electrons. The Balaban J connectivity index is 2.19. The minimum atomic E-state index is -0.0369. The zero-order valence-electron chi connectivity index (χ0n) is 9.98. The Morgan fingerprint density at radius 3 is 3.12 bits per heavy atom. The third-order valence-corrected chi connectivity index (χ3v) is 2.12. The fourth-order valence-electron chi connectivity index (χ4n) is 1.20. The summed E-state index contributed by atoms with van der Waals surface area (Å²) in [6.45, 7) is 3.36. The van der Waals surface area contributed by atoms with Gasteiger partial charge in [0.25, 0.3) is 0 Å². The molecule has 0 aromatic carbocycles. The van der Waals surface area contributed by atoms with Crippen LogP contribution in [0, 0.1) is 6.92 Å². The molecule has 0 unspecified atom stereocenters. The van der Waals surface area contributed by atoms with Gasteiger partial charge in [0.05, 0.1) is 13.0 Å². The molecule has 0 fully saturated rings. The molecule has 0 saturated heterocycles. The molecule has 1 amide bonds. The predicted molar refractivity (Wildman–Crippen MR) is 63.6 cm³/mol. The lowest BCUT2D eigenvalue weighted by Gasteiger charge is -2.07. The Bertz CT molecular complexity index is 357. The third-order valence-electron chi connectivity index (χ3n) is 2.12. The average Bonchev–Trinajstić information content (AvgIpc) is 2.32. The number of carbonyl (C=O) groups excluding carboxylic acids is 1. The van der Waals surface area contributed by atoms with Crippen LogP contribution >= 0.6 is 0 Å². The second kappa shape index (κ2) is 7.56. The number of amides is 1. The van der Waals surface area contributed by atoms with Gasteiger partial charge in [-0.25, -0.2) is 9.97 Å². The van der Waals surface area contributed by atoms with E-state index >= 15 is 0 Å². The Hall–Kier alpha value is -1.69. The molecule has 6 heteroatoms. The molecule has 0 radical (unpaired) electrons. The van der Waals surface area contributed by atoms with Crippen molar-refractivity contribution in [3.05, 3.63) is 18.1 Å². The lowest BCUT2D eigenvalue weighted by atomic mass is 10.3. The molecule has 1 aromatic heterocycles. The van der Waals surface area contributed by atoms with E-state index in [4.69, 9.17) is 10.5 Å². The average molecular weight is 238 g/mol. The highest BCUT2D eigenvalue weighted by Gasteiger charge is 2.03. The summed E-state index contributed by atoms with van der Waals surface area (Å²) in [4.78, 5) is 19.2. The quantitative estimate of drug-likeness (QED) is 0.653. The minimum absolute atomic E-state index is 0.0369. The van der Waals surface area contributed by atoms with E-state index in [1.165, 1.54) is 6.33 Å². The van der Waals surface area contributed by atoms with Crippen LogP contribution in [-0.4, -0.2) is 35.6 Å². The zero-order chi connectivity index (χ0) is 12.5. The number of carbonyl (C=O) groups is 1. The summed E-state index contributed by atoms with van der Waals surface area (Å²) < 4.78 is 5.38. The number of aromatic nitrogens is 2. The number of nitrogens with two attached hydrogens (primary N) is 1. The third kappa shape index (κ3) is 5.26. The zero-order valence-corrected chi connectivity index (χ0v) is 9.98. The largest absolute Gasteiger partial charge is 0.477 e. The number of hydrogen-bond donors (Lipinski definition) is 2. The van der Waals surface area contributed by atoms with E-state index in [1.807, 2.05) is 6.92 Å². The highest BCUT2D eigenvalue weighted by molar-refractivity contribution is 5.75. The number of aryl methyl sites for hydroxylation is 1. The highest BCUT2D eigenvalue weighted by atomic mass is 16.5. The molecule has 0 aliphatic rings. The standard InChI is InChI=1S/C11H18N4O2/c1-9-7-13-8-15-11(9)17-6-3-10(16)14-5-2-4-12/h7-8H,2-6,12H2,1H3,(H,14,16). The van der Waals surface area contributed by atoms with E-state index in [0.29, 0.717) is 32.0 Å². The number of rotatable bonds is 7. The van der Waals surface area contributed by atoms with Crippen LogP contribution in [0.15, 0.2) is 12.5 Å². The molecule has 1 heterocycles. The van der Waals surface area contributed by atoms with Crippen LogP contribution in [0.4, 0.5) is 0 Å². The summed E-state index contributed by atoms with van der Waals surface area (Å²) in [6, 6.07) is 0. The second-order valence-electron chi connectivity index (χ2n) is 3.60. The fourth-order valence-corrected chi connectivity index (χ4v) is 1.20. The maximum Gasteiger partial charge on any atom is 0.223 e. The molecule has 3 N–H and O–H groups in total. The maximum atomic E-state index is 11.3. The van der Waals surface area contributed by atoms with E-state index in [9.17, 15) is 4.79 Å². The van der Waals surface area contributed by atoms with Crippen LogP contribution in [-0.2, 0) is 4.79 Å². The van der Waals surface area contributed by atoms with Gasteiger partial charge in [-0.2, -0.15) is 0 Å². The van der Waals surface area contributed by atoms with Gasteiger partial charge in [-0.3, -0.25) is 4.79 Å². The molecule has 0 atom stereocenters. The van der Waals surface area contributed by atoms with Crippen molar-refractivity contribution in [1.82, 2.24) is 15.3 Å². The van der Waals surface area contributed by atoms with Gasteiger partial charge in [0.15, 0.2) is 0 Å². The van der Waals surface area contributed by atoms with E-state index in [2.05, 4.69) is 15.3 Å². The van der Waals surface area contributed by atoms with Crippen LogP contribution in [0.1, 0.15) is 18.4 Å². The SMILES string of the molecule is Cc1cncnc1OCCC(=O)NCCCN. The Labute approximate surface area is 101 Å². The molecule has 0 aliphatic carbocycles. The monoisotopic (exact) mass is 238 g/mol. The summed E-state index contributed by atoms with van der Waals surface area (Å²) in [6.07, 6.45) is 4.19. The number of hydrogen-bond acceptors (Lipinski definition) is 5. The molecule has 0 saturated carbocycles. The van der Waals surface area contributed by atoms with Gasteiger partial charge in [0.2, 0.25) is 11.8 Å². The Morgan fingerprint density at radius 2 is 2.41 bits per heavy atom. The molecule has 0 spiro atoms. The smallest absolute Gasteiger partial charge is 0.223 e.